The molecule has 0 fully saturated rings. The predicted molar refractivity (Wildman–Crippen MR) is 82.0 cm³/mol. The first kappa shape index (κ1) is 13.8. The maximum absolute atomic E-state index is 12.3. The monoisotopic (exact) mass is 298 g/mol. The second-order valence-electron chi connectivity index (χ2n) is 5.17. The average Bonchev–Trinajstić information content (AvgIpc) is 2.71. The van der Waals surface area contributed by atoms with Crippen LogP contribution in [0.4, 0.5) is 0 Å². The molecule has 2 aromatic rings. The smallest absolute Gasteiger partial charge is 0.189 e. The van der Waals surface area contributed by atoms with Gasteiger partial charge in [-0.15, -0.1) is 0 Å². The van der Waals surface area contributed by atoms with Crippen molar-refractivity contribution in [3.8, 4) is 0 Å². The van der Waals surface area contributed by atoms with Gasteiger partial charge in [0.15, 0.2) is 15.6 Å². The van der Waals surface area contributed by atoms with Gasteiger partial charge in [0, 0.05) is 17.4 Å². The first-order valence-corrected chi connectivity index (χ1v) is 8.44. The molecule has 0 atom stereocenters. The van der Waals surface area contributed by atoms with Gasteiger partial charge in [0.2, 0.25) is 0 Å². The second-order valence-corrected chi connectivity index (χ2v) is 7.19. The van der Waals surface area contributed by atoms with Crippen LogP contribution in [0.5, 0.6) is 0 Å². The van der Waals surface area contributed by atoms with Gasteiger partial charge >= 0.3 is 0 Å². The minimum absolute atomic E-state index is 0.0350. The normalized spacial score (nSPS) is 14.5. The lowest BCUT2D eigenvalue weighted by molar-refractivity contribution is 0.103. The van der Waals surface area contributed by atoms with Crippen LogP contribution in [0.2, 0.25) is 0 Å². The topological polar surface area (TPSA) is 51.2 Å². The maximum atomic E-state index is 12.3. The van der Waals surface area contributed by atoms with Crippen molar-refractivity contribution in [3.05, 3.63) is 70.8 Å². The van der Waals surface area contributed by atoms with Crippen LogP contribution < -0.4 is 0 Å². The lowest BCUT2D eigenvalue weighted by Crippen LogP contribution is -1.97. The van der Waals surface area contributed by atoms with Crippen LogP contribution in [0, 0.1) is 0 Å². The van der Waals surface area contributed by atoms with E-state index in [-0.39, 0.29) is 10.7 Å². The predicted octanol–water partition coefficient (Wildman–Crippen LogP) is 3.11. The van der Waals surface area contributed by atoms with Crippen molar-refractivity contribution >= 4 is 21.2 Å². The second kappa shape index (κ2) is 4.67. The Morgan fingerprint density at radius 3 is 2.00 bits per heavy atom. The van der Waals surface area contributed by atoms with Gasteiger partial charge in [-0.2, -0.15) is 0 Å². The molecule has 3 nitrogen and oxygen atoms in total. The number of hydrogen-bond acceptors (Lipinski definition) is 3. The summed E-state index contributed by atoms with van der Waals surface area (Å²) in [5.74, 6) is 0.0350. The Hall–Kier alpha value is -2.20. The van der Waals surface area contributed by atoms with E-state index in [1.807, 2.05) is 31.2 Å². The molecule has 0 aromatic heterocycles. The summed E-state index contributed by atoms with van der Waals surface area (Å²) in [7, 11) is -3.21. The van der Waals surface area contributed by atoms with Gasteiger partial charge in [-0.05, 0) is 35.8 Å². The molecule has 0 unspecified atom stereocenters. The highest BCUT2D eigenvalue weighted by Gasteiger charge is 2.27. The molecule has 1 aliphatic rings. The summed E-state index contributed by atoms with van der Waals surface area (Å²) in [6.45, 7) is 1.81. The van der Waals surface area contributed by atoms with Gasteiger partial charge in [0.05, 0.1) is 4.90 Å². The first-order valence-electron chi connectivity index (χ1n) is 6.55. The molecule has 0 radical (unpaired) electrons. The summed E-state index contributed by atoms with van der Waals surface area (Å²) in [5.41, 5.74) is 4.06. The fourth-order valence-corrected chi connectivity index (χ4v) is 3.29. The van der Waals surface area contributed by atoms with Crippen LogP contribution in [0.1, 0.15) is 28.4 Å². The average molecular weight is 298 g/mol. The lowest BCUT2D eigenvalue weighted by atomic mass is 9.98. The SMILES string of the molecule is CC1=C(c2ccc(S(C)(=O)=O)cc2)c2ccccc2C1=O. The van der Waals surface area contributed by atoms with E-state index in [9.17, 15) is 13.2 Å². The van der Waals surface area contributed by atoms with Crippen molar-refractivity contribution in [3.63, 3.8) is 0 Å². The zero-order chi connectivity index (χ0) is 15.2. The third-order valence-corrected chi connectivity index (χ3v) is 4.86. The Balaban J connectivity index is 2.15. The van der Waals surface area contributed by atoms with E-state index in [1.54, 1.807) is 24.3 Å². The van der Waals surface area contributed by atoms with Gasteiger partial charge in [-0.25, -0.2) is 8.42 Å². The van der Waals surface area contributed by atoms with Crippen molar-refractivity contribution < 1.29 is 13.2 Å². The summed E-state index contributed by atoms with van der Waals surface area (Å²) < 4.78 is 23.0. The zero-order valence-electron chi connectivity index (χ0n) is 11.8. The summed E-state index contributed by atoms with van der Waals surface area (Å²) in [6, 6.07) is 14.2. The molecule has 0 N–H and O–H groups in total. The zero-order valence-corrected chi connectivity index (χ0v) is 12.6. The number of sulfone groups is 1. The van der Waals surface area contributed by atoms with Crippen molar-refractivity contribution in [2.24, 2.45) is 0 Å². The molecule has 0 heterocycles. The maximum Gasteiger partial charge on any atom is 0.189 e. The molecule has 0 saturated heterocycles. The molecule has 0 aliphatic heterocycles. The number of Topliss-reactive ketones (excluding diaryl/α,β-unsaturated/α-hetero) is 1. The highest BCUT2D eigenvalue weighted by atomic mass is 32.2. The van der Waals surface area contributed by atoms with Crippen molar-refractivity contribution in [2.45, 2.75) is 11.8 Å². The van der Waals surface area contributed by atoms with Crippen LogP contribution in [0.15, 0.2) is 59.0 Å². The summed E-state index contributed by atoms with van der Waals surface area (Å²) >= 11 is 0. The Kier molecular flexibility index (Phi) is 3.06. The van der Waals surface area contributed by atoms with E-state index >= 15 is 0 Å². The lowest BCUT2D eigenvalue weighted by Gasteiger charge is -2.07. The van der Waals surface area contributed by atoms with E-state index in [2.05, 4.69) is 0 Å². The molecule has 4 heteroatoms. The van der Waals surface area contributed by atoms with Crippen LogP contribution in [0.25, 0.3) is 5.57 Å². The molecular weight excluding hydrogens is 284 g/mol. The first-order chi connectivity index (χ1) is 9.89. The highest BCUT2D eigenvalue weighted by Crippen LogP contribution is 2.37. The number of ketones is 1. The molecule has 0 saturated carbocycles. The molecule has 106 valence electrons. The number of hydrogen-bond donors (Lipinski definition) is 0. The van der Waals surface area contributed by atoms with Gasteiger partial charge in [0.1, 0.15) is 0 Å². The molecule has 3 rings (SSSR count). The van der Waals surface area contributed by atoms with Gasteiger partial charge in [-0.3, -0.25) is 4.79 Å². The number of carbonyl (C=O) groups excluding carboxylic acids is 1. The minimum atomic E-state index is -3.21. The van der Waals surface area contributed by atoms with Gasteiger partial charge in [-0.1, -0.05) is 36.4 Å². The third-order valence-electron chi connectivity index (χ3n) is 3.73. The Morgan fingerprint density at radius 1 is 0.857 bits per heavy atom. The summed E-state index contributed by atoms with van der Waals surface area (Å²) in [5, 5.41) is 0. The number of fused-ring (bicyclic) bond motifs is 1. The Morgan fingerprint density at radius 2 is 1.43 bits per heavy atom. The largest absolute Gasteiger partial charge is 0.289 e. The summed E-state index contributed by atoms with van der Waals surface area (Å²) in [4.78, 5) is 12.5. The molecule has 2 aromatic carbocycles. The Bertz CT molecular complexity index is 873. The Labute approximate surface area is 123 Å². The van der Waals surface area contributed by atoms with E-state index in [0.717, 1.165) is 16.7 Å². The van der Waals surface area contributed by atoms with Crippen molar-refractivity contribution in [1.29, 1.82) is 0 Å². The summed E-state index contributed by atoms with van der Waals surface area (Å²) in [6.07, 6.45) is 1.18. The third kappa shape index (κ3) is 2.21. The fraction of sp³-hybridized carbons (Fsp3) is 0.118. The van der Waals surface area contributed by atoms with Crippen molar-refractivity contribution in [1.82, 2.24) is 0 Å². The standard InChI is InChI=1S/C17H14O3S/c1-11-16(14-5-3-4-6-15(14)17(11)18)12-7-9-13(10-8-12)21(2,19)20/h3-10H,1-2H3. The number of carbonyl (C=O) groups is 1. The molecule has 0 amide bonds. The van der Waals surface area contributed by atoms with E-state index in [1.165, 1.54) is 6.26 Å². The number of allylic oxidation sites excluding steroid dienone is 1. The quantitative estimate of drug-likeness (QED) is 0.856. The molecule has 0 spiro atoms. The van der Waals surface area contributed by atoms with E-state index < -0.39 is 9.84 Å². The molecule has 0 bridgehead atoms. The number of benzene rings is 2. The molecule has 1 aliphatic carbocycles. The van der Waals surface area contributed by atoms with Crippen molar-refractivity contribution in [2.75, 3.05) is 6.26 Å². The minimum Gasteiger partial charge on any atom is -0.289 e. The van der Waals surface area contributed by atoms with Crippen LogP contribution in [-0.2, 0) is 9.84 Å². The van der Waals surface area contributed by atoms with Crippen LogP contribution >= 0.6 is 0 Å². The van der Waals surface area contributed by atoms with Gasteiger partial charge < -0.3 is 0 Å². The molecule has 21 heavy (non-hydrogen) atoms. The van der Waals surface area contributed by atoms with Crippen LogP contribution in [-0.4, -0.2) is 20.5 Å². The van der Waals surface area contributed by atoms with Gasteiger partial charge in [0.25, 0.3) is 0 Å². The van der Waals surface area contributed by atoms with E-state index in [0.29, 0.717) is 11.1 Å². The van der Waals surface area contributed by atoms with E-state index in [4.69, 9.17) is 0 Å². The fourth-order valence-electron chi connectivity index (χ4n) is 2.66. The van der Waals surface area contributed by atoms with Crippen LogP contribution in [0.3, 0.4) is 0 Å². The number of rotatable bonds is 2. The molecular formula is C17H14O3S. The highest BCUT2D eigenvalue weighted by molar-refractivity contribution is 7.90.